The van der Waals surface area contributed by atoms with Gasteiger partial charge in [0.15, 0.2) is 0 Å². The lowest BCUT2D eigenvalue weighted by molar-refractivity contribution is 0.0846. The van der Waals surface area contributed by atoms with Crippen LogP contribution in [-0.4, -0.2) is 28.0 Å². The van der Waals surface area contributed by atoms with E-state index in [0.717, 1.165) is 18.5 Å². The number of aromatic nitrogens is 3. The van der Waals surface area contributed by atoms with Crippen molar-refractivity contribution in [3.8, 4) is 11.1 Å². The Morgan fingerprint density at radius 2 is 2.00 bits per heavy atom. The summed E-state index contributed by atoms with van der Waals surface area (Å²) in [4.78, 5) is 17.2. The third kappa shape index (κ3) is 2.99. The molecule has 0 unspecified atom stereocenters. The third-order valence-corrected chi connectivity index (χ3v) is 5.03. The molecule has 1 aliphatic heterocycles. The van der Waals surface area contributed by atoms with E-state index in [2.05, 4.69) is 10.1 Å². The molecule has 2 aromatic heterocycles. The smallest absolute Gasteiger partial charge is 0.292 e. The summed E-state index contributed by atoms with van der Waals surface area (Å²) in [6.45, 7) is 1.31. The normalized spacial score (nSPS) is 15.5. The van der Waals surface area contributed by atoms with Gasteiger partial charge in [-0.25, -0.2) is 14.1 Å². The first-order chi connectivity index (χ1) is 12.5. The molecule has 1 aliphatic rings. The zero-order valence-corrected chi connectivity index (χ0v) is 15.0. The van der Waals surface area contributed by atoms with Gasteiger partial charge in [-0.2, -0.15) is 5.10 Å². The second-order valence-electron chi connectivity index (χ2n) is 6.44. The van der Waals surface area contributed by atoms with Gasteiger partial charge in [0.2, 0.25) is 0 Å². The zero-order valence-electron chi connectivity index (χ0n) is 14.2. The number of halogens is 2. The standard InChI is InChI=1S/C19H17ClFN3O2/c1-24-19(25)18-15(10-22-24)14(13-3-2-12(20)8-16(13)21)9-17(23-18)11-4-6-26-7-5-11/h2-3,8-11H,4-7H2,1H3. The molecule has 1 fully saturated rings. The third-order valence-electron chi connectivity index (χ3n) is 4.80. The highest BCUT2D eigenvalue weighted by molar-refractivity contribution is 6.30. The molecule has 0 amide bonds. The fourth-order valence-corrected chi connectivity index (χ4v) is 3.51. The van der Waals surface area contributed by atoms with Gasteiger partial charge in [0.25, 0.3) is 5.56 Å². The lowest BCUT2D eigenvalue weighted by atomic mass is 9.92. The van der Waals surface area contributed by atoms with Crippen LogP contribution in [0.1, 0.15) is 24.5 Å². The van der Waals surface area contributed by atoms with Crippen LogP contribution in [0.25, 0.3) is 22.0 Å². The Hall–Kier alpha value is -2.31. The molecule has 134 valence electrons. The molecule has 1 saturated heterocycles. The van der Waals surface area contributed by atoms with Gasteiger partial charge in [0, 0.05) is 47.8 Å². The Morgan fingerprint density at radius 1 is 1.23 bits per heavy atom. The van der Waals surface area contributed by atoms with Gasteiger partial charge >= 0.3 is 0 Å². The monoisotopic (exact) mass is 373 g/mol. The number of nitrogens with zero attached hydrogens (tertiary/aromatic N) is 3. The van der Waals surface area contributed by atoms with E-state index in [1.165, 1.54) is 10.7 Å². The molecule has 0 N–H and O–H groups in total. The minimum atomic E-state index is -0.441. The minimum Gasteiger partial charge on any atom is -0.381 e. The number of hydrogen-bond donors (Lipinski definition) is 0. The fourth-order valence-electron chi connectivity index (χ4n) is 3.35. The second kappa shape index (κ2) is 6.78. The second-order valence-corrected chi connectivity index (χ2v) is 6.88. The van der Waals surface area contributed by atoms with E-state index >= 15 is 0 Å². The predicted octanol–water partition coefficient (Wildman–Crippen LogP) is 3.68. The van der Waals surface area contributed by atoms with E-state index < -0.39 is 5.82 Å². The van der Waals surface area contributed by atoms with Crippen molar-refractivity contribution in [1.82, 2.24) is 14.8 Å². The maximum atomic E-state index is 14.6. The Morgan fingerprint density at radius 3 is 2.73 bits per heavy atom. The highest BCUT2D eigenvalue weighted by atomic mass is 35.5. The summed E-state index contributed by atoms with van der Waals surface area (Å²) < 4.78 is 21.3. The van der Waals surface area contributed by atoms with Crippen molar-refractivity contribution in [1.29, 1.82) is 0 Å². The molecule has 0 aliphatic carbocycles. The van der Waals surface area contributed by atoms with Crippen LogP contribution in [0.15, 0.2) is 35.3 Å². The summed E-state index contributed by atoms with van der Waals surface area (Å²) in [5.74, 6) is -0.260. The number of ether oxygens (including phenoxy) is 1. The van der Waals surface area contributed by atoms with Crippen molar-refractivity contribution in [2.75, 3.05) is 13.2 Å². The summed E-state index contributed by atoms with van der Waals surface area (Å²) in [7, 11) is 1.58. The zero-order chi connectivity index (χ0) is 18.3. The van der Waals surface area contributed by atoms with Crippen LogP contribution < -0.4 is 5.56 Å². The van der Waals surface area contributed by atoms with E-state index in [1.54, 1.807) is 25.4 Å². The molecule has 0 saturated carbocycles. The maximum Gasteiger partial charge on any atom is 0.292 e. The quantitative estimate of drug-likeness (QED) is 0.687. The molecule has 0 radical (unpaired) electrons. The number of pyridine rings is 1. The highest BCUT2D eigenvalue weighted by Gasteiger charge is 2.21. The van der Waals surface area contributed by atoms with Crippen LogP contribution in [0.5, 0.6) is 0 Å². The van der Waals surface area contributed by atoms with Crippen LogP contribution in [0.3, 0.4) is 0 Å². The van der Waals surface area contributed by atoms with Gasteiger partial charge in [-0.15, -0.1) is 0 Å². The van der Waals surface area contributed by atoms with Crippen molar-refractivity contribution in [3.63, 3.8) is 0 Å². The predicted molar refractivity (Wildman–Crippen MR) is 98.0 cm³/mol. The van der Waals surface area contributed by atoms with Gasteiger partial charge in [-0.1, -0.05) is 11.6 Å². The number of hydrogen-bond acceptors (Lipinski definition) is 4. The highest BCUT2D eigenvalue weighted by Crippen LogP contribution is 2.34. The van der Waals surface area contributed by atoms with Crippen LogP contribution in [0, 0.1) is 5.82 Å². The van der Waals surface area contributed by atoms with Crippen LogP contribution in [0.2, 0.25) is 5.02 Å². The number of fused-ring (bicyclic) bond motifs is 1. The lowest BCUT2D eigenvalue weighted by Gasteiger charge is -2.22. The van der Waals surface area contributed by atoms with Crippen LogP contribution >= 0.6 is 11.6 Å². The van der Waals surface area contributed by atoms with Crippen molar-refractivity contribution >= 4 is 22.5 Å². The Bertz CT molecular complexity index is 1040. The van der Waals surface area contributed by atoms with E-state index in [1.807, 2.05) is 6.07 Å². The maximum absolute atomic E-state index is 14.6. The topological polar surface area (TPSA) is 57.0 Å². The van der Waals surface area contributed by atoms with E-state index in [-0.39, 0.29) is 11.5 Å². The Kier molecular flexibility index (Phi) is 4.46. The summed E-state index contributed by atoms with van der Waals surface area (Å²) in [5, 5.41) is 4.93. The molecule has 0 atom stereocenters. The Labute approximate surface area is 154 Å². The average Bonchev–Trinajstić information content (AvgIpc) is 2.65. The van der Waals surface area contributed by atoms with Gasteiger partial charge in [0.1, 0.15) is 11.3 Å². The molecule has 26 heavy (non-hydrogen) atoms. The van der Waals surface area contributed by atoms with E-state index in [9.17, 15) is 9.18 Å². The molecule has 5 nitrogen and oxygen atoms in total. The summed E-state index contributed by atoms with van der Waals surface area (Å²) >= 11 is 5.89. The summed E-state index contributed by atoms with van der Waals surface area (Å²) in [5.41, 5.74) is 1.78. The molecular weight excluding hydrogens is 357 g/mol. The SMILES string of the molecule is Cn1ncc2c(-c3ccc(Cl)cc3F)cc(C3CCOCC3)nc2c1=O. The van der Waals surface area contributed by atoms with Gasteiger partial charge in [0.05, 0.1) is 6.20 Å². The van der Waals surface area contributed by atoms with Gasteiger partial charge in [-0.3, -0.25) is 4.79 Å². The lowest BCUT2D eigenvalue weighted by Crippen LogP contribution is -2.22. The van der Waals surface area contributed by atoms with Crippen LogP contribution in [0.4, 0.5) is 4.39 Å². The molecule has 1 aromatic carbocycles. The summed E-state index contributed by atoms with van der Waals surface area (Å²) in [6.07, 6.45) is 3.21. The van der Waals surface area contributed by atoms with Gasteiger partial charge < -0.3 is 4.74 Å². The number of benzene rings is 1. The fraction of sp³-hybridized carbons (Fsp3) is 0.316. The first-order valence-corrected chi connectivity index (χ1v) is 8.82. The molecule has 3 heterocycles. The molecule has 7 heteroatoms. The number of aryl methyl sites for hydroxylation is 1. The van der Waals surface area contributed by atoms with Crippen LogP contribution in [-0.2, 0) is 11.8 Å². The molecule has 0 bridgehead atoms. The largest absolute Gasteiger partial charge is 0.381 e. The minimum absolute atomic E-state index is 0.181. The van der Waals surface area contributed by atoms with Crippen molar-refractivity contribution in [2.45, 2.75) is 18.8 Å². The van der Waals surface area contributed by atoms with Crippen molar-refractivity contribution in [3.05, 3.63) is 57.3 Å². The first kappa shape index (κ1) is 17.1. The molecular formula is C19H17ClFN3O2. The summed E-state index contributed by atoms with van der Waals surface area (Å²) in [6, 6.07) is 6.39. The van der Waals surface area contributed by atoms with Gasteiger partial charge in [-0.05, 0) is 42.7 Å². The first-order valence-electron chi connectivity index (χ1n) is 8.44. The van der Waals surface area contributed by atoms with Crippen molar-refractivity contribution in [2.24, 2.45) is 7.05 Å². The van der Waals surface area contributed by atoms with E-state index in [0.29, 0.717) is 40.3 Å². The Balaban J connectivity index is 2.00. The molecule has 0 spiro atoms. The average molecular weight is 374 g/mol. The number of rotatable bonds is 2. The van der Waals surface area contributed by atoms with E-state index in [4.69, 9.17) is 16.3 Å². The van der Waals surface area contributed by atoms with Crippen molar-refractivity contribution < 1.29 is 9.13 Å². The molecule has 3 aromatic rings. The molecule has 4 rings (SSSR count).